The lowest BCUT2D eigenvalue weighted by Gasteiger charge is -2.56. The molecule has 7 heterocycles. The Morgan fingerprint density at radius 2 is 1.95 bits per heavy atom. The van der Waals surface area contributed by atoms with E-state index in [-0.39, 0.29) is 0 Å². The molecule has 3 N–H and O–H groups in total. The second-order valence-corrected chi connectivity index (χ2v) is 10.8. The van der Waals surface area contributed by atoms with Gasteiger partial charge in [-0.05, 0) is 36.1 Å². The maximum atomic E-state index is 7.90. The van der Waals surface area contributed by atoms with Crippen LogP contribution >= 0.6 is 0 Å². The molecule has 39 heavy (non-hydrogen) atoms. The van der Waals surface area contributed by atoms with Crippen LogP contribution in [0.2, 0.25) is 0 Å². The molecule has 0 spiro atoms. The van der Waals surface area contributed by atoms with Gasteiger partial charge in [0.05, 0.1) is 31.0 Å². The molecule has 3 fully saturated rings. The Bertz CT molecular complexity index is 1470. The molecule has 10 heteroatoms. The summed E-state index contributed by atoms with van der Waals surface area (Å²) < 4.78 is 12.9. The van der Waals surface area contributed by atoms with Crippen LogP contribution in [0.4, 0.5) is 11.6 Å². The van der Waals surface area contributed by atoms with Crippen LogP contribution in [-0.2, 0) is 6.54 Å². The van der Waals surface area contributed by atoms with E-state index in [1.807, 2.05) is 30.7 Å². The zero-order valence-corrected chi connectivity index (χ0v) is 22.5. The second kappa shape index (κ2) is 10.2. The number of hydrogen-bond donors (Lipinski definition) is 2. The highest BCUT2D eigenvalue weighted by atomic mass is 16.5. The first-order valence-corrected chi connectivity index (χ1v) is 13.3. The minimum absolute atomic E-state index is 0.319. The van der Waals surface area contributed by atoms with E-state index in [2.05, 4.69) is 51.9 Å². The molecule has 0 amide bonds. The summed E-state index contributed by atoms with van der Waals surface area (Å²) in [4.78, 5) is 14.2. The van der Waals surface area contributed by atoms with Crippen molar-refractivity contribution in [3.05, 3.63) is 60.0 Å². The number of pyridine rings is 3. The van der Waals surface area contributed by atoms with E-state index >= 15 is 0 Å². The Labute approximate surface area is 227 Å². The van der Waals surface area contributed by atoms with Crippen molar-refractivity contribution in [3.8, 4) is 22.8 Å². The highest BCUT2D eigenvalue weighted by molar-refractivity contribution is 6.00. The van der Waals surface area contributed by atoms with Gasteiger partial charge in [-0.3, -0.25) is 4.90 Å². The fourth-order valence-corrected chi connectivity index (χ4v) is 5.60. The lowest BCUT2D eigenvalue weighted by atomic mass is 9.87. The highest BCUT2D eigenvalue weighted by Gasteiger charge is 2.44. The lowest BCUT2D eigenvalue weighted by molar-refractivity contribution is -0.00876. The molecule has 202 valence electrons. The van der Waals surface area contributed by atoms with Crippen LogP contribution < -0.4 is 20.1 Å². The SMILES string of the molecule is COc1ccc(CN2C3CC2CN(c2ccc(-c4cc(OCC(C)C)cn5nc(N)c(C=N)c45)cn2)C3)cn1. The van der Waals surface area contributed by atoms with E-state index < -0.39 is 0 Å². The predicted octanol–water partition coefficient (Wildman–Crippen LogP) is 3.88. The van der Waals surface area contributed by atoms with Crippen LogP contribution in [0.5, 0.6) is 11.6 Å². The third-order valence-electron chi connectivity index (χ3n) is 7.59. The molecule has 0 aromatic carbocycles. The normalized spacial score (nSPS) is 18.8. The molecule has 2 bridgehead atoms. The topological polar surface area (TPSA) is 118 Å². The number of nitrogens with two attached hydrogens (primary N) is 1. The number of fused-ring (bicyclic) bond motifs is 3. The quantitative estimate of drug-likeness (QED) is 0.316. The molecule has 3 aliphatic heterocycles. The number of aromatic nitrogens is 4. The van der Waals surface area contributed by atoms with Crippen LogP contribution in [0.25, 0.3) is 16.6 Å². The second-order valence-electron chi connectivity index (χ2n) is 10.8. The molecule has 4 aromatic heterocycles. The van der Waals surface area contributed by atoms with Crippen molar-refractivity contribution in [2.75, 3.05) is 37.4 Å². The van der Waals surface area contributed by atoms with Crippen molar-refractivity contribution in [1.29, 1.82) is 5.41 Å². The number of piperazine rings is 1. The van der Waals surface area contributed by atoms with Crippen molar-refractivity contribution < 1.29 is 9.47 Å². The van der Waals surface area contributed by atoms with Crippen LogP contribution in [0.1, 0.15) is 31.4 Å². The maximum absolute atomic E-state index is 7.90. The van der Waals surface area contributed by atoms with E-state index in [0.717, 1.165) is 42.1 Å². The number of rotatable bonds is 9. The van der Waals surface area contributed by atoms with Crippen molar-refractivity contribution in [2.45, 2.75) is 38.9 Å². The molecular formula is C29H34N8O2. The van der Waals surface area contributed by atoms with Gasteiger partial charge in [-0.25, -0.2) is 14.5 Å². The number of ether oxygens (including phenoxy) is 2. The smallest absolute Gasteiger partial charge is 0.212 e. The Hall–Kier alpha value is -4.18. The van der Waals surface area contributed by atoms with Gasteiger partial charge in [0.25, 0.3) is 0 Å². The van der Waals surface area contributed by atoms with E-state index in [0.29, 0.717) is 47.6 Å². The summed E-state index contributed by atoms with van der Waals surface area (Å²) in [6.45, 7) is 7.63. The maximum Gasteiger partial charge on any atom is 0.212 e. The zero-order chi connectivity index (χ0) is 27.1. The number of anilines is 2. The van der Waals surface area contributed by atoms with Gasteiger partial charge < -0.3 is 25.5 Å². The molecule has 3 aliphatic rings. The molecule has 7 rings (SSSR count). The summed E-state index contributed by atoms with van der Waals surface area (Å²) in [5.41, 5.74) is 10.5. The fourth-order valence-electron chi connectivity index (χ4n) is 5.60. The zero-order valence-electron chi connectivity index (χ0n) is 22.5. The number of nitrogen functional groups attached to an aromatic ring is 1. The first kappa shape index (κ1) is 25.1. The standard InChI is InChI=1S/C29H34N8O2/c1-18(2)17-39-23-9-24(28-25(10-30)29(31)34-37(28)16-23)20-5-6-26(32-12-20)35-14-21-8-22(15-35)36(21)13-19-4-7-27(38-3)33-11-19/h4-7,9-12,16,18,21-22,30H,8,13-15,17H2,1-3H3,(H2,31,34). The summed E-state index contributed by atoms with van der Waals surface area (Å²) in [5, 5.41) is 12.3. The van der Waals surface area contributed by atoms with Gasteiger partial charge in [0, 0.05) is 67.5 Å². The lowest BCUT2D eigenvalue weighted by Crippen LogP contribution is -2.68. The Morgan fingerprint density at radius 1 is 1.13 bits per heavy atom. The van der Waals surface area contributed by atoms with Gasteiger partial charge in [-0.15, -0.1) is 5.10 Å². The van der Waals surface area contributed by atoms with E-state index in [1.54, 1.807) is 11.6 Å². The first-order chi connectivity index (χ1) is 18.9. The van der Waals surface area contributed by atoms with E-state index in [9.17, 15) is 0 Å². The Kier molecular flexibility index (Phi) is 6.56. The van der Waals surface area contributed by atoms with Crippen LogP contribution in [0.3, 0.4) is 0 Å². The van der Waals surface area contributed by atoms with Crippen molar-refractivity contribution in [3.63, 3.8) is 0 Å². The molecule has 0 saturated carbocycles. The number of hydrogen-bond acceptors (Lipinski definition) is 9. The van der Waals surface area contributed by atoms with Crippen LogP contribution in [0, 0.1) is 11.3 Å². The third-order valence-corrected chi connectivity index (χ3v) is 7.59. The van der Waals surface area contributed by atoms with Crippen LogP contribution in [0.15, 0.2) is 48.9 Å². The molecule has 0 aliphatic carbocycles. The summed E-state index contributed by atoms with van der Waals surface area (Å²) in [6, 6.07) is 11.2. The summed E-state index contributed by atoms with van der Waals surface area (Å²) in [6.07, 6.45) is 8.09. The van der Waals surface area contributed by atoms with Crippen LogP contribution in [-0.4, -0.2) is 69.6 Å². The third kappa shape index (κ3) is 4.76. The van der Waals surface area contributed by atoms with E-state index in [4.69, 9.17) is 25.6 Å². The average molecular weight is 527 g/mol. The average Bonchev–Trinajstić information content (AvgIpc) is 3.29. The molecule has 2 atom stereocenters. The van der Waals surface area contributed by atoms with Gasteiger partial charge in [0.1, 0.15) is 11.6 Å². The van der Waals surface area contributed by atoms with Gasteiger partial charge in [-0.2, -0.15) is 0 Å². The molecular weight excluding hydrogens is 492 g/mol. The fraction of sp³-hybridized carbons (Fsp3) is 0.379. The monoisotopic (exact) mass is 526 g/mol. The number of piperidine rings is 1. The Balaban J connectivity index is 1.21. The van der Waals surface area contributed by atoms with Gasteiger partial charge in [0.15, 0.2) is 5.82 Å². The summed E-state index contributed by atoms with van der Waals surface area (Å²) in [5.74, 6) is 3.04. The molecule has 3 saturated heterocycles. The minimum atomic E-state index is 0.319. The Morgan fingerprint density at radius 3 is 2.59 bits per heavy atom. The largest absolute Gasteiger partial charge is 0.492 e. The number of nitrogens with one attached hydrogen (secondary N) is 1. The van der Waals surface area contributed by atoms with Gasteiger partial charge in [0.2, 0.25) is 5.88 Å². The minimum Gasteiger partial charge on any atom is -0.492 e. The summed E-state index contributed by atoms with van der Waals surface area (Å²) in [7, 11) is 1.64. The highest BCUT2D eigenvalue weighted by Crippen LogP contribution is 2.37. The summed E-state index contributed by atoms with van der Waals surface area (Å²) >= 11 is 0. The molecule has 0 radical (unpaired) electrons. The molecule has 2 unspecified atom stereocenters. The van der Waals surface area contributed by atoms with Gasteiger partial charge >= 0.3 is 0 Å². The van der Waals surface area contributed by atoms with Crippen molar-refractivity contribution in [1.82, 2.24) is 24.5 Å². The van der Waals surface area contributed by atoms with Gasteiger partial charge in [-0.1, -0.05) is 19.9 Å². The number of methoxy groups -OCH3 is 1. The van der Waals surface area contributed by atoms with Crippen molar-refractivity contribution in [2.24, 2.45) is 5.92 Å². The molecule has 10 nitrogen and oxygen atoms in total. The molecule has 4 aromatic rings. The first-order valence-electron chi connectivity index (χ1n) is 13.3. The van der Waals surface area contributed by atoms with E-state index in [1.165, 1.54) is 18.2 Å². The predicted molar refractivity (Wildman–Crippen MR) is 152 cm³/mol. The number of nitrogens with zero attached hydrogens (tertiary/aromatic N) is 6. The van der Waals surface area contributed by atoms with Crippen molar-refractivity contribution >= 4 is 23.4 Å².